The molecule has 2 aliphatic rings. The zero-order chi connectivity index (χ0) is 18.8. The maximum Gasteiger partial charge on any atom is 0.326 e. The molecule has 0 saturated carbocycles. The predicted octanol–water partition coefficient (Wildman–Crippen LogP) is 0.786. The van der Waals surface area contributed by atoms with Crippen molar-refractivity contribution in [3.8, 4) is 5.75 Å². The molecule has 26 heavy (non-hydrogen) atoms. The molecule has 0 aromatic heterocycles. The second kappa shape index (κ2) is 6.98. The van der Waals surface area contributed by atoms with Crippen molar-refractivity contribution in [1.29, 1.82) is 0 Å². The Hall–Kier alpha value is -3.17. The average molecular weight is 363 g/mol. The molecule has 0 spiro atoms. The Morgan fingerprint density at radius 1 is 1.35 bits per heavy atom. The summed E-state index contributed by atoms with van der Waals surface area (Å²) >= 11 is 0. The fraction of sp³-hybridized carbons (Fsp3) is 0.438. The van der Waals surface area contributed by atoms with Crippen LogP contribution in [-0.4, -0.2) is 58.5 Å². The number of piperidine rings is 1. The predicted molar refractivity (Wildman–Crippen MR) is 87.9 cm³/mol. The molecule has 1 saturated heterocycles. The van der Waals surface area contributed by atoms with E-state index in [1.54, 1.807) is 0 Å². The second-order valence-corrected chi connectivity index (χ2v) is 6.11. The van der Waals surface area contributed by atoms with Crippen molar-refractivity contribution in [3.63, 3.8) is 0 Å². The Kier molecular flexibility index (Phi) is 4.74. The summed E-state index contributed by atoms with van der Waals surface area (Å²) < 4.78 is 5.25. The van der Waals surface area contributed by atoms with E-state index in [1.165, 1.54) is 23.1 Å². The van der Waals surface area contributed by atoms with E-state index >= 15 is 0 Å². The van der Waals surface area contributed by atoms with Gasteiger partial charge >= 0.3 is 5.97 Å². The first-order chi connectivity index (χ1) is 12.4. The van der Waals surface area contributed by atoms with Crippen LogP contribution in [0.15, 0.2) is 18.2 Å². The Bertz CT molecular complexity index is 779. The largest absolute Gasteiger partial charge is 0.482 e. The lowest BCUT2D eigenvalue weighted by molar-refractivity contribution is -0.384. The number of carboxylic acids is 1. The number of nitro benzene ring substituents is 1. The highest BCUT2D eigenvalue weighted by atomic mass is 16.6. The van der Waals surface area contributed by atoms with Crippen LogP contribution in [0.4, 0.5) is 11.4 Å². The minimum absolute atomic E-state index is 0.132. The van der Waals surface area contributed by atoms with E-state index in [4.69, 9.17) is 4.74 Å². The summed E-state index contributed by atoms with van der Waals surface area (Å²) in [5.74, 6) is -1.85. The van der Waals surface area contributed by atoms with Crippen LogP contribution in [0.5, 0.6) is 5.75 Å². The third-order valence-electron chi connectivity index (χ3n) is 4.50. The molecule has 2 aliphatic heterocycles. The number of likely N-dealkylation sites (tertiary alicyclic amines) is 1. The molecule has 1 atom stereocenters. The highest BCUT2D eigenvalue weighted by Gasteiger charge is 2.35. The molecule has 1 aromatic rings. The maximum atomic E-state index is 12.6. The molecule has 10 heteroatoms. The molecular weight excluding hydrogens is 346 g/mol. The van der Waals surface area contributed by atoms with Crippen LogP contribution < -0.4 is 9.64 Å². The second-order valence-electron chi connectivity index (χ2n) is 6.11. The van der Waals surface area contributed by atoms with Crippen molar-refractivity contribution in [2.75, 3.05) is 24.6 Å². The summed E-state index contributed by atoms with van der Waals surface area (Å²) in [6.45, 7) is -0.378. The number of carbonyl (C=O) groups is 3. The van der Waals surface area contributed by atoms with Crippen molar-refractivity contribution in [2.24, 2.45) is 0 Å². The maximum absolute atomic E-state index is 12.6. The summed E-state index contributed by atoms with van der Waals surface area (Å²) in [6, 6.07) is 2.87. The SMILES string of the molecule is O=C(O)[C@H]1CCCCN1C(=O)CN1C(=O)COc2ccc([N+](=O)[O-])cc21. The number of carboxylic acid groups (broad SMARTS) is 1. The van der Waals surface area contributed by atoms with Crippen molar-refractivity contribution < 1.29 is 29.2 Å². The molecule has 0 aliphatic carbocycles. The van der Waals surface area contributed by atoms with Crippen molar-refractivity contribution in [2.45, 2.75) is 25.3 Å². The number of amides is 2. The van der Waals surface area contributed by atoms with E-state index in [-0.39, 0.29) is 30.3 Å². The summed E-state index contributed by atoms with van der Waals surface area (Å²) in [4.78, 5) is 49.0. The molecule has 0 bridgehead atoms. The normalized spacial score (nSPS) is 19.5. The number of hydrogen-bond donors (Lipinski definition) is 1. The zero-order valence-electron chi connectivity index (χ0n) is 13.8. The van der Waals surface area contributed by atoms with Gasteiger partial charge in [0.05, 0.1) is 10.6 Å². The summed E-state index contributed by atoms with van der Waals surface area (Å²) in [5, 5.41) is 20.3. The van der Waals surface area contributed by atoms with E-state index < -0.39 is 28.7 Å². The number of fused-ring (bicyclic) bond motifs is 1. The Morgan fingerprint density at radius 2 is 2.12 bits per heavy atom. The number of ether oxygens (including phenoxy) is 1. The molecule has 0 unspecified atom stereocenters. The van der Waals surface area contributed by atoms with Gasteiger partial charge in [-0.25, -0.2) is 4.79 Å². The van der Waals surface area contributed by atoms with Crippen LogP contribution in [0, 0.1) is 10.1 Å². The molecule has 1 fully saturated rings. The molecule has 3 rings (SSSR count). The van der Waals surface area contributed by atoms with Gasteiger partial charge in [-0.15, -0.1) is 0 Å². The lowest BCUT2D eigenvalue weighted by Crippen LogP contribution is -2.53. The van der Waals surface area contributed by atoms with Crippen LogP contribution in [0.1, 0.15) is 19.3 Å². The molecule has 10 nitrogen and oxygen atoms in total. The molecule has 1 N–H and O–H groups in total. The number of carbonyl (C=O) groups excluding carboxylic acids is 2. The van der Waals surface area contributed by atoms with Gasteiger partial charge in [0.25, 0.3) is 11.6 Å². The van der Waals surface area contributed by atoms with E-state index in [9.17, 15) is 29.6 Å². The van der Waals surface area contributed by atoms with Gasteiger partial charge in [0, 0.05) is 18.7 Å². The molecule has 2 heterocycles. The summed E-state index contributed by atoms with van der Waals surface area (Å²) in [5.41, 5.74) is -0.103. The number of nitrogens with zero attached hydrogens (tertiary/aromatic N) is 3. The van der Waals surface area contributed by atoms with Crippen LogP contribution in [0.3, 0.4) is 0 Å². The number of hydrogen-bond acceptors (Lipinski definition) is 6. The Balaban J connectivity index is 1.86. The molecular formula is C16H17N3O7. The average Bonchev–Trinajstić information content (AvgIpc) is 2.63. The first-order valence-corrected chi connectivity index (χ1v) is 8.12. The molecule has 2 amide bonds. The van der Waals surface area contributed by atoms with Crippen LogP contribution in [0.2, 0.25) is 0 Å². The monoisotopic (exact) mass is 363 g/mol. The highest BCUT2D eigenvalue weighted by Crippen LogP contribution is 2.35. The third-order valence-corrected chi connectivity index (χ3v) is 4.50. The van der Waals surface area contributed by atoms with E-state index in [1.807, 2.05) is 0 Å². The minimum atomic E-state index is -1.08. The first kappa shape index (κ1) is 17.6. The van der Waals surface area contributed by atoms with Gasteiger partial charge in [-0.2, -0.15) is 0 Å². The van der Waals surface area contributed by atoms with Gasteiger partial charge in [0.1, 0.15) is 18.3 Å². The van der Waals surface area contributed by atoms with Gasteiger partial charge in [-0.05, 0) is 25.3 Å². The van der Waals surface area contributed by atoms with Crippen LogP contribution in [0.25, 0.3) is 0 Å². The fourth-order valence-corrected chi connectivity index (χ4v) is 3.19. The van der Waals surface area contributed by atoms with Crippen molar-refractivity contribution in [1.82, 2.24) is 4.90 Å². The minimum Gasteiger partial charge on any atom is -0.482 e. The summed E-state index contributed by atoms with van der Waals surface area (Å²) in [7, 11) is 0. The van der Waals surface area contributed by atoms with Crippen LogP contribution >= 0.6 is 0 Å². The zero-order valence-corrected chi connectivity index (χ0v) is 13.8. The Morgan fingerprint density at radius 3 is 2.81 bits per heavy atom. The summed E-state index contributed by atoms with van der Waals surface area (Å²) in [6.07, 6.45) is 1.76. The molecule has 0 radical (unpaired) electrons. The number of nitro groups is 1. The fourth-order valence-electron chi connectivity index (χ4n) is 3.19. The topological polar surface area (TPSA) is 130 Å². The van der Waals surface area contributed by atoms with Gasteiger partial charge in [-0.3, -0.25) is 24.6 Å². The lowest BCUT2D eigenvalue weighted by Gasteiger charge is -2.35. The van der Waals surface area contributed by atoms with Gasteiger partial charge < -0.3 is 14.7 Å². The quantitative estimate of drug-likeness (QED) is 0.618. The third kappa shape index (κ3) is 3.30. The first-order valence-electron chi connectivity index (χ1n) is 8.12. The molecule has 1 aromatic carbocycles. The Labute approximate surface area is 148 Å². The highest BCUT2D eigenvalue weighted by molar-refractivity contribution is 6.02. The van der Waals surface area contributed by atoms with Gasteiger partial charge in [-0.1, -0.05) is 0 Å². The van der Waals surface area contributed by atoms with E-state index in [2.05, 4.69) is 0 Å². The molecule has 138 valence electrons. The van der Waals surface area contributed by atoms with Gasteiger partial charge in [0.15, 0.2) is 6.61 Å². The van der Waals surface area contributed by atoms with Gasteiger partial charge in [0.2, 0.25) is 5.91 Å². The van der Waals surface area contributed by atoms with Crippen molar-refractivity contribution >= 4 is 29.2 Å². The number of non-ortho nitro benzene ring substituents is 1. The van der Waals surface area contributed by atoms with E-state index in [0.29, 0.717) is 25.8 Å². The standard InChI is InChI=1S/C16H17N3O7/c20-14(17-6-2-1-3-11(17)16(22)23)8-18-12-7-10(19(24)25)4-5-13(12)26-9-15(18)21/h4-5,7,11H,1-3,6,8-9H2,(H,22,23)/t11-/m1/s1. The lowest BCUT2D eigenvalue weighted by atomic mass is 10.0. The smallest absolute Gasteiger partial charge is 0.326 e. The number of anilines is 1. The van der Waals surface area contributed by atoms with Crippen molar-refractivity contribution in [3.05, 3.63) is 28.3 Å². The number of rotatable bonds is 4. The van der Waals surface area contributed by atoms with E-state index in [0.717, 1.165) is 4.90 Å². The van der Waals surface area contributed by atoms with Crippen LogP contribution in [-0.2, 0) is 14.4 Å². The number of benzene rings is 1. The number of aliphatic carboxylic acids is 1.